The number of aliphatic hydroxyl groups is 1. The molecule has 0 saturated heterocycles. The highest BCUT2D eigenvalue weighted by molar-refractivity contribution is 5.77. The minimum Gasteiger partial charge on any atom is -0.393 e. The fourth-order valence-corrected chi connectivity index (χ4v) is 3.97. The first kappa shape index (κ1) is 18.1. The van der Waals surface area contributed by atoms with Crippen LogP contribution in [0.15, 0.2) is 4.79 Å². The summed E-state index contributed by atoms with van der Waals surface area (Å²) in [6, 6.07) is 0. The van der Waals surface area contributed by atoms with E-state index in [1.165, 1.54) is 4.68 Å². The second-order valence-corrected chi connectivity index (χ2v) is 7.73. The Kier molecular flexibility index (Phi) is 5.02. The molecule has 0 aromatic carbocycles. The molecule has 8 heteroatoms. The maximum Gasteiger partial charge on any atom is 0.345 e. The van der Waals surface area contributed by atoms with E-state index in [1.54, 1.807) is 25.8 Å². The molecule has 0 spiro atoms. The molecule has 25 heavy (non-hydrogen) atoms. The van der Waals surface area contributed by atoms with Gasteiger partial charge < -0.3 is 15.2 Å². The van der Waals surface area contributed by atoms with E-state index in [-0.39, 0.29) is 28.8 Å². The van der Waals surface area contributed by atoms with Crippen molar-refractivity contribution in [3.8, 4) is 0 Å². The molecule has 140 valence electrons. The van der Waals surface area contributed by atoms with E-state index >= 15 is 0 Å². The van der Waals surface area contributed by atoms with Gasteiger partial charge in [0.05, 0.1) is 12.7 Å². The number of nitrogens with one attached hydrogen (secondary N) is 1. The number of aromatic nitrogens is 3. The molecule has 0 radical (unpaired) electrons. The number of hydrogen-bond donors (Lipinski definition) is 2. The smallest absolute Gasteiger partial charge is 0.345 e. The minimum absolute atomic E-state index is 0.0105. The predicted octanol–water partition coefficient (Wildman–Crippen LogP) is -0.0938. The summed E-state index contributed by atoms with van der Waals surface area (Å²) in [7, 11) is 5.00. The van der Waals surface area contributed by atoms with Gasteiger partial charge in [-0.25, -0.2) is 9.48 Å². The lowest BCUT2D eigenvalue weighted by Gasteiger charge is -2.17. The number of nitrogens with zero attached hydrogens (tertiary/aromatic N) is 3. The highest BCUT2D eigenvalue weighted by Gasteiger charge is 2.44. The fourth-order valence-electron chi connectivity index (χ4n) is 3.97. The number of methoxy groups -OCH3 is 1. The molecule has 8 nitrogen and oxygen atoms in total. The normalized spacial score (nSPS) is 27.4. The van der Waals surface area contributed by atoms with Crippen LogP contribution in [0.2, 0.25) is 0 Å². The average molecular weight is 352 g/mol. The topological polar surface area (TPSA) is 98.4 Å². The van der Waals surface area contributed by atoms with Crippen LogP contribution in [0.1, 0.15) is 43.8 Å². The average Bonchev–Trinajstić information content (AvgIpc) is 3.14. The van der Waals surface area contributed by atoms with Crippen molar-refractivity contribution in [2.45, 2.75) is 44.1 Å². The van der Waals surface area contributed by atoms with Crippen LogP contribution in [0, 0.1) is 11.3 Å². The maximum absolute atomic E-state index is 12.2. The molecule has 2 aliphatic carbocycles. The first-order valence-electron chi connectivity index (χ1n) is 8.89. The van der Waals surface area contributed by atoms with Gasteiger partial charge in [-0.3, -0.25) is 9.36 Å². The van der Waals surface area contributed by atoms with Crippen LogP contribution in [-0.4, -0.2) is 51.7 Å². The lowest BCUT2D eigenvalue weighted by atomic mass is 10.0. The molecule has 0 aliphatic heterocycles. The Bertz CT molecular complexity index is 691. The van der Waals surface area contributed by atoms with E-state index in [4.69, 9.17) is 4.74 Å². The van der Waals surface area contributed by atoms with E-state index in [0.29, 0.717) is 31.8 Å². The molecule has 3 atom stereocenters. The van der Waals surface area contributed by atoms with Crippen LogP contribution in [0.25, 0.3) is 0 Å². The second kappa shape index (κ2) is 6.92. The number of aliphatic hydroxyl groups excluding tert-OH is 1. The van der Waals surface area contributed by atoms with Crippen LogP contribution in [0.5, 0.6) is 0 Å². The summed E-state index contributed by atoms with van der Waals surface area (Å²) >= 11 is 0. The third-order valence-electron chi connectivity index (χ3n) is 5.69. The van der Waals surface area contributed by atoms with Crippen molar-refractivity contribution in [2.75, 3.05) is 20.3 Å². The second-order valence-electron chi connectivity index (χ2n) is 7.73. The number of hydrogen-bond acceptors (Lipinski definition) is 5. The minimum atomic E-state index is -0.490. The van der Waals surface area contributed by atoms with E-state index in [0.717, 1.165) is 19.3 Å². The van der Waals surface area contributed by atoms with E-state index in [1.807, 2.05) is 0 Å². The van der Waals surface area contributed by atoms with Crippen molar-refractivity contribution >= 4 is 5.91 Å². The third kappa shape index (κ3) is 3.79. The van der Waals surface area contributed by atoms with Gasteiger partial charge in [0.2, 0.25) is 5.91 Å². The van der Waals surface area contributed by atoms with Crippen molar-refractivity contribution in [1.82, 2.24) is 19.7 Å². The molecule has 2 aliphatic rings. The van der Waals surface area contributed by atoms with Gasteiger partial charge in [-0.1, -0.05) is 0 Å². The van der Waals surface area contributed by atoms with Gasteiger partial charge in [-0.15, -0.1) is 0 Å². The SMILES string of the molecule is COCC1(CC(=O)NC[C@H]2C[C@H](c3nn(C)c(=O)n3C)C[C@H]2O)CC1. The largest absolute Gasteiger partial charge is 0.393 e. The van der Waals surface area contributed by atoms with Gasteiger partial charge in [0.15, 0.2) is 0 Å². The van der Waals surface area contributed by atoms with Crippen molar-refractivity contribution in [1.29, 1.82) is 0 Å². The van der Waals surface area contributed by atoms with Gasteiger partial charge in [0.25, 0.3) is 0 Å². The molecule has 1 heterocycles. The van der Waals surface area contributed by atoms with Crippen LogP contribution in [0.3, 0.4) is 0 Å². The highest BCUT2D eigenvalue weighted by atomic mass is 16.5. The first-order chi connectivity index (χ1) is 11.8. The van der Waals surface area contributed by atoms with E-state index in [9.17, 15) is 14.7 Å². The summed E-state index contributed by atoms with van der Waals surface area (Å²) in [5.41, 5.74) is -0.129. The highest BCUT2D eigenvalue weighted by Crippen LogP contribution is 2.48. The number of carbonyl (C=O) groups excluding carboxylic acids is 1. The van der Waals surface area contributed by atoms with Gasteiger partial charge in [0.1, 0.15) is 5.82 Å². The monoisotopic (exact) mass is 352 g/mol. The molecule has 1 aromatic heterocycles. The van der Waals surface area contributed by atoms with E-state index in [2.05, 4.69) is 10.4 Å². The zero-order chi connectivity index (χ0) is 18.2. The molecular formula is C17H28N4O4. The number of amides is 1. The molecule has 2 saturated carbocycles. The lowest BCUT2D eigenvalue weighted by Crippen LogP contribution is -2.34. The Morgan fingerprint density at radius 1 is 1.40 bits per heavy atom. The third-order valence-corrected chi connectivity index (χ3v) is 5.69. The molecule has 0 unspecified atom stereocenters. The van der Waals surface area contributed by atoms with Gasteiger partial charge >= 0.3 is 5.69 Å². The first-order valence-corrected chi connectivity index (χ1v) is 8.89. The summed E-state index contributed by atoms with van der Waals surface area (Å²) in [6.45, 7) is 1.09. The number of carbonyl (C=O) groups is 1. The van der Waals surface area contributed by atoms with Crippen molar-refractivity contribution in [3.63, 3.8) is 0 Å². The predicted molar refractivity (Wildman–Crippen MR) is 91.1 cm³/mol. The fraction of sp³-hybridized carbons (Fsp3) is 0.824. The molecule has 1 aromatic rings. The number of ether oxygens (including phenoxy) is 1. The Hall–Kier alpha value is -1.67. The summed E-state index contributed by atoms with van der Waals surface area (Å²) < 4.78 is 8.06. The van der Waals surface area contributed by atoms with Crippen molar-refractivity contribution in [2.24, 2.45) is 25.4 Å². The van der Waals surface area contributed by atoms with Crippen LogP contribution in [0.4, 0.5) is 0 Å². The molecule has 2 fully saturated rings. The summed E-state index contributed by atoms with van der Waals surface area (Å²) in [6.07, 6.45) is 3.36. The molecule has 3 rings (SSSR count). The zero-order valence-electron chi connectivity index (χ0n) is 15.2. The zero-order valence-corrected chi connectivity index (χ0v) is 15.2. The van der Waals surface area contributed by atoms with Gasteiger partial charge in [0, 0.05) is 51.4 Å². The van der Waals surface area contributed by atoms with Crippen LogP contribution >= 0.6 is 0 Å². The van der Waals surface area contributed by atoms with Crippen LogP contribution < -0.4 is 11.0 Å². The van der Waals surface area contributed by atoms with Crippen molar-refractivity contribution in [3.05, 3.63) is 16.3 Å². The molecule has 1 amide bonds. The molecule has 0 bridgehead atoms. The molecular weight excluding hydrogens is 324 g/mol. The Balaban J connectivity index is 1.53. The summed E-state index contributed by atoms with van der Waals surface area (Å²) in [4.78, 5) is 24.0. The standard InChI is InChI=1S/C17H28N4O4/c1-20-15(19-21(2)16(20)24)11-6-12(13(22)7-11)9-18-14(23)8-17(4-5-17)10-25-3/h11-13,22H,4-10H2,1-3H3,(H,18,23)/t11-,12+,13+/m0/s1. The lowest BCUT2D eigenvalue weighted by molar-refractivity contribution is -0.123. The number of aryl methyl sites for hydroxylation is 1. The Morgan fingerprint density at radius 3 is 2.68 bits per heavy atom. The Labute approximate surface area is 147 Å². The van der Waals surface area contributed by atoms with Gasteiger partial charge in [-0.05, 0) is 25.7 Å². The Morgan fingerprint density at radius 2 is 2.12 bits per heavy atom. The van der Waals surface area contributed by atoms with Gasteiger partial charge in [-0.2, -0.15) is 5.10 Å². The van der Waals surface area contributed by atoms with Crippen molar-refractivity contribution < 1.29 is 14.6 Å². The quantitative estimate of drug-likeness (QED) is 0.714. The summed E-state index contributed by atoms with van der Waals surface area (Å²) in [5, 5.41) is 17.6. The maximum atomic E-state index is 12.2. The number of rotatable bonds is 7. The van der Waals surface area contributed by atoms with Crippen LogP contribution in [-0.2, 0) is 23.6 Å². The van der Waals surface area contributed by atoms with E-state index < -0.39 is 6.10 Å². The molecule has 2 N–H and O–H groups in total. The summed E-state index contributed by atoms with van der Waals surface area (Å²) in [5.74, 6) is 0.760.